The Balaban J connectivity index is 1.91. The number of anilines is 2. The van der Waals surface area contributed by atoms with E-state index >= 15 is 0 Å². The summed E-state index contributed by atoms with van der Waals surface area (Å²) in [6, 6.07) is 16.0. The zero-order valence-corrected chi connectivity index (χ0v) is 14.5. The monoisotopic (exact) mass is 322 g/mol. The number of benzene rings is 2. The van der Waals surface area contributed by atoms with E-state index in [1.165, 1.54) is 0 Å². The summed E-state index contributed by atoms with van der Waals surface area (Å²) in [5.74, 6) is 1.68. The number of methoxy groups -OCH3 is 1. The Morgan fingerprint density at radius 3 is 2.33 bits per heavy atom. The van der Waals surface area contributed by atoms with Gasteiger partial charge in [0.15, 0.2) is 0 Å². The van der Waals surface area contributed by atoms with Crippen molar-refractivity contribution in [1.29, 1.82) is 0 Å². The lowest BCUT2D eigenvalue weighted by molar-refractivity contribution is 0.242. The van der Waals surface area contributed by atoms with Crippen molar-refractivity contribution in [2.75, 3.05) is 12.4 Å². The number of pyridine rings is 1. The van der Waals surface area contributed by atoms with Crippen LogP contribution in [0.1, 0.15) is 19.5 Å². The summed E-state index contributed by atoms with van der Waals surface area (Å²) in [6.07, 6.45) is 0.172. The van der Waals surface area contributed by atoms with Crippen LogP contribution in [0.2, 0.25) is 0 Å². The Hall–Kier alpha value is -2.75. The molecule has 2 aromatic carbocycles. The van der Waals surface area contributed by atoms with Crippen molar-refractivity contribution in [3.8, 4) is 11.5 Å². The second-order valence-corrected chi connectivity index (χ2v) is 6.01. The number of fused-ring (bicyclic) bond motifs is 1. The minimum atomic E-state index is 0.172. The van der Waals surface area contributed by atoms with Gasteiger partial charge in [-0.25, -0.2) is 0 Å². The number of nitrogens with zero attached hydrogens (tertiary/aromatic N) is 1. The third-order valence-electron chi connectivity index (χ3n) is 3.65. The number of aryl methyl sites for hydroxylation is 1. The second-order valence-electron chi connectivity index (χ2n) is 6.01. The van der Waals surface area contributed by atoms with Gasteiger partial charge in [0.05, 0.1) is 18.7 Å². The van der Waals surface area contributed by atoms with Crippen LogP contribution in [0.3, 0.4) is 0 Å². The van der Waals surface area contributed by atoms with E-state index in [1.54, 1.807) is 7.11 Å². The molecule has 0 aliphatic rings. The van der Waals surface area contributed by atoms with Crippen molar-refractivity contribution >= 4 is 22.3 Å². The fourth-order valence-corrected chi connectivity index (χ4v) is 2.62. The first-order chi connectivity index (χ1) is 11.5. The van der Waals surface area contributed by atoms with Gasteiger partial charge < -0.3 is 14.8 Å². The molecule has 4 heteroatoms. The van der Waals surface area contributed by atoms with E-state index in [4.69, 9.17) is 9.47 Å². The predicted octanol–water partition coefficient (Wildman–Crippen LogP) is 5.08. The van der Waals surface area contributed by atoms with Crippen molar-refractivity contribution in [2.45, 2.75) is 26.9 Å². The smallest absolute Gasteiger partial charge is 0.121 e. The van der Waals surface area contributed by atoms with E-state index in [0.29, 0.717) is 0 Å². The molecule has 0 aliphatic heterocycles. The molecule has 1 heterocycles. The first-order valence-corrected chi connectivity index (χ1v) is 8.04. The van der Waals surface area contributed by atoms with Crippen molar-refractivity contribution in [3.63, 3.8) is 0 Å². The van der Waals surface area contributed by atoms with Crippen LogP contribution in [0.4, 0.5) is 11.4 Å². The molecule has 0 atom stereocenters. The molecule has 0 fully saturated rings. The van der Waals surface area contributed by atoms with E-state index in [1.807, 2.05) is 69.3 Å². The average molecular weight is 322 g/mol. The van der Waals surface area contributed by atoms with Crippen LogP contribution >= 0.6 is 0 Å². The molecule has 24 heavy (non-hydrogen) atoms. The minimum Gasteiger partial charge on any atom is -0.497 e. The Kier molecular flexibility index (Phi) is 4.56. The van der Waals surface area contributed by atoms with Crippen LogP contribution in [0.5, 0.6) is 11.5 Å². The molecule has 0 spiro atoms. The van der Waals surface area contributed by atoms with Gasteiger partial charge in [-0.3, -0.25) is 4.98 Å². The van der Waals surface area contributed by atoms with E-state index in [0.717, 1.165) is 39.5 Å². The molecular weight excluding hydrogens is 300 g/mol. The molecular formula is C20H22N2O2. The third kappa shape index (κ3) is 3.59. The quantitative estimate of drug-likeness (QED) is 0.711. The lowest BCUT2D eigenvalue weighted by atomic mass is 10.1. The molecule has 1 N–H and O–H groups in total. The number of aromatic nitrogens is 1. The van der Waals surface area contributed by atoms with Crippen LogP contribution in [0, 0.1) is 6.92 Å². The minimum absolute atomic E-state index is 0.172. The van der Waals surface area contributed by atoms with Gasteiger partial charge in [-0.05, 0) is 63.2 Å². The highest BCUT2D eigenvalue weighted by molar-refractivity contribution is 5.94. The number of hydrogen-bond acceptors (Lipinski definition) is 4. The fraction of sp³-hybridized carbons (Fsp3) is 0.250. The molecule has 4 nitrogen and oxygen atoms in total. The van der Waals surface area contributed by atoms with Gasteiger partial charge in [-0.2, -0.15) is 0 Å². The summed E-state index contributed by atoms with van der Waals surface area (Å²) >= 11 is 0. The highest BCUT2D eigenvalue weighted by Crippen LogP contribution is 2.29. The molecule has 124 valence electrons. The summed E-state index contributed by atoms with van der Waals surface area (Å²) in [5, 5.41) is 4.53. The van der Waals surface area contributed by atoms with E-state index in [2.05, 4.69) is 10.3 Å². The maximum absolute atomic E-state index is 5.68. The number of nitrogens with one attached hydrogen (secondary N) is 1. The second kappa shape index (κ2) is 6.79. The van der Waals surface area contributed by atoms with Crippen LogP contribution in [0.15, 0.2) is 48.5 Å². The normalized spacial score (nSPS) is 10.9. The Bertz CT molecular complexity index is 842. The Morgan fingerprint density at radius 2 is 1.67 bits per heavy atom. The first-order valence-electron chi connectivity index (χ1n) is 8.04. The summed E-state index contributed by atoms with van der Waals surface area (Å²) in [7, 11) is 1.66. The summed E-state index contributed by atoms with van der Waals surface area (Å²) < 4.78 is 11.0. The van der Waals surface area contributed by atoms with Crippen molar-refractivity contribution < 1.29 is 9.47 Å². The first kappa shape index (κ1) is 16.1. The molecule has 0 unspecified atom stereocenters. The molecule has 3 rings (SSSR count). The summed E-state index contributed by atoms with van der Waals surface area (Å²) in [4.78, 5) is 4.59. The number of hydrogen-bond donors (Lipinski definition) is 1. The average Bonchev–Trinajstić information content (AvgIpc) is 2.55. The van der Waals surface area contributed by atoms with Crippen molar-refractivity contribution in [1.82, 2.24) is 4.98 Å². The standard InChI is InChI=1S/C20H22N2O2/c1-13(2)24-16-7-5-15(6-8-16)22-19-11-14(3)21-20-12-17(23-4)9-10-18(19)20/h5-13H,1-4H3,(H,21,22). The molecule has 0 amide bonds. The predicted molar refractivity (Wildman–Crippen MR) is 98.5 cm³/mol. The molecule has 0 saturated carbocycles. The van der Waals surface area contributed by atoms with Gasteiger partial charge in [0.2, 0.25) is 0 Å². The van der Waals surface area contributed by atoms with E-state index in [9.17, 15) is 0 Å². The summed E-state index contributed by atoms with van der Waals surface area (Å²) in [6.45, 7) is 6.03. The molecule has 0 radical (unpaired) electrons. The topological polar surface area (TPSA) is 43.4 Å². The lowest BCUT2D eigenvalue weighted by Gasteiger charge is -2.13. The van der Waals surface area contributed by atoms with E-state index < -0.39 is 0 Å². The summed E-state index contributed by atoms with van der Waals surface area (Å²) in [5.41, 5.74) is 3.90. The Labute approximate surface area is 142 Å². The molecule has 0 saturated heterocycles. The van der Waals surface area contributed by atoms with Gasteiger partial charge in [0.1, 0.15) is 11.5 Å². The molecule has 3 aromatic rings. The van der Waals surface area contributed by atoms with E-state index in [-0.39, 0.29) is 6.10 Å². The van der Waals surface area contributed by atoms with Crippen LogP contribution in [0.25, 0.3) is 10.9 Å². The molecule has 1 aromatic heterocycles. The molecule has 0 bridgehead atoms. The number of rotatable bonds is 5. The van der Waals surface area contributed by atoms with Crippen molar-refractivity contribution in [2.24, 2.45) is 0 Å². The largest absolute Gasteiger partial charge is 0.497 e. The highest BCUT2D eigenvalue weighted by atomic mass is 16.5. The fourth-order valence-electron chi connectivity index (χ4n) is 2.62. The van der Waals surface area contributed by atoms with Gasteiger partial charge >= 0.3 is 0 Å². The van der Waals surface area contributed by atoms with Crippen LogP contribution in [-0.2, 0) is 0 Å². The number of ether oxygens (including phenoxy) is 2. The van der Waals surface area contributed by atoms with Crippen LogP contribution in [-0.4, -0.2) is 18.2 Å². The third-order valence-corrected chi connectivity index (χ3v) is 3.65. The van der Waals surface area contributed by atoms with Crippen molar-refractivity contribution in [3.05, 3.63) is 54.2 Å². The zero-order valence-electron chi connectivity index (χ0n) is 14.5. The highest BCUT2D eigenvalue weighted by Gasteiger charge is 2.06. The zero-order chi connectivity index (χ0) is 17.1. The van der Waals surface area contributed by atoms with Gasteiger partial charge in [0.25, 0.3) is 0 Å². The SMILES string of the molecule is COc1ccc2c(Nc3ccc(OC(C)C)cc3)cc(C)nc2c1. The van der Waals surface area contributed by atoms with Gasteiger partial charge in [0, 0.05) is 28.5 Å². The lowest BCUT2D eigenvalue weighted by Crippen LogP contribution is -2.05. The van der Waals surface area contributed by atoms with Gasteiger partial charge in [-0.15, -0.1) is 0 Å². The van der Waals surface area contributed by atoms with Crippen LogP contribution < -0.4 is 14.8 Å². The van der Waals surface area contributed by atoms with Gasteiger partial charge in [-0.1, -0.05) is 0 Å². The maximum Gasteiger partial charge on any atom is 0.121 e. The Morgan fingerprint density at radius 1 is 0.958 bits per heavy atom. The maximum atomic E-state index is 5.68. The molecule has 0 aliphatic carbocycles.